The lowest BCUT2D eigenvalue weighted by Crippen LogP contribution is -2.46. The molecule has 0 radical (unpaired) electrons. The molecule has 3 heterocycles. The molecule has 0 N–H and O–H groups in total. The molecule has 7 heteroatoms. The zero-order chi connectivity index (χ0) is 18.6. The van der Waals surface area contributed by atoms with Crippen molar-refractivity contribution in [2.24, 2.45) is 0 Å². The number of anilines is 1. The third-order valence-corrected chi connectivity index (χ3v) is 4.68. The zero-order valence-corrected chi connectivity index (χ0v) is 15.7. The van der Waals surface area contributed by atoms with Gasteiger partial charge in [0.15, 0.2) is 0 Å². The normalized spacial score (nSPS) is 15.4. The smallest absolute Gasteiger partial charge is 0.224 e. The molecular formula is C20H24N6O. The van der Waals surface area contributed by atoms with Crippen molar-refractivity contribution >= 4 is 16.6 Å². The highest BCUT2D eigenvalue weighted by Gasteiger charge is 2.19. The number of benzene rings is 1. The first-order valence-corrected chi connectivity index (χ1v) is 9.34. The minimum absolute atomic E-state index is 0.0800. The maximum atomic E-state index is 5.86. The van der Waals surface area contributed by atoms with Crippen LogP contribution in [-0.2, 0) is 6.54 Å². The van der Waals surface area contributed by atoms with Crippen LogP contribution in [0.1, 0.15) is 19.5 Å². The molecule has 1 saturated heterocycles. The molecule has 2 aromatic heterocycles. The van der Waals surface area contributed by atoms with Crippen LogP contribution in [0, 0.1) is 0 Å². The average molecular weight is 364 g/mol. The van der Waals surface area contributed by atoms with Crippen LogP contribution >= 0.6 is 0 Å². The van der Waals surface area contributed by atoms with Crippen molar-refractivity contribution in [1.82, 2.24) is 25.1 Å². The summed E-state index contributed by atoms with van der Waals surface area (Å²) in [7, 11) is 0. The lowest BCUT2D eigenvalue weighted by molar-refractivity contribution is 0.235. The number of hydrogen-bond acceptors (Lipinski definition) is 7. The molecule has 4 rings (SSSR count). The van der Waals surface area contributed by atoms with Gasteiger partial charge in [-0.25, -0.2) is 9.97 Å². The summed E-state index contributed by atoms with van der Waals surface area (Å²) >= 11 is 0. The molecular weight excluding hydrogens is 340 g/mol. The number of aromatic nitrogens is 4. The van der Waals surface area contributed by atoms with E-state index in [9.17, 15) is 0 Å². The molecule has 3 aromatic rings. The molecule has 0 amide bonds. The number of nitrogens with zero attached hydrogens (tertiary/aromatic N) is 6. The maximum absolute atomic E-state index is 5.86. The Hall–Kier alpha value is -2.80. The van der Waals surface area contributed by atoms with Crippen LogP contribution in [-0.4, -0.2) is 57.3 Å². The largest absolute Gasteiger partial charge is 0.474 e. The van der Waals surface area contributed by atoms with Gasteiger partial charge in [-0.2, -0.15) is 10.2 Å². The van der Waals surface area contributed by atoms with E-state index in [4.69, 9.17) is 4.74 Å². The van der Waals surface area contributed by atoms with E-state index in [0.717, 1.165) is 49.3 Å². The van der Waals surface area contributed by atoms with E-state index in [1.165, 1.54) is 5.69 Å². The van der Waals surface area contributed by atoms with Gasteiger partial charge in [-0.05, 0) is 44.2 Å². The number of piperazine rings is 1. The monoisotopic (exact) mass is 364 g/mol. The third kappa shape index (κ3) is 4.14. The number of fused-ring (bicyclic) bond motifs is 1. The van der Waals surface area contributed by atoms with Gasteiger partial charge >= 0.3 is 0 Å². The van der Waals surface area contributed by atoms with Gasteiger partial charge in [0.1, 0.15) is 6.33 Å². The Morgan fingerprint density at radius 3 is 2.67 bits per heavy atom. The minimum atomic E-state index is 0.0800. The summed E-state index contributed by atoms with van der Waals surface area (Å²) in [5.74, 6) is 0.651. The van der Waals surface area contributed by atoms with Crippen LogP contribution in [0.2, 0.25) is 0 Å². The Morgan fingerprint density at radius 1 is 1.07 bits per heavy atom. The van der Waals surface area contributed by atoms with Crippen molar-refractivity contribution in [3.63, 3.8) is 0 Å². The van der Waals surface area contributed by atoms with Crippen LogP contribution in [0.4, 0.5) is 5.69 Å². The summed E-state index contributed by atoms with van der Waals surface area (Å²) in [6.07, 6.45) is 3.35. The minimum Gasteiger partial charge on any atom is -0.474 e. The van der Waals surface area contributed by atoms with Crippen LogP contribution < -0.4 is 9.64 Å². The highest BCUT2D eigenvalue weighted by molar-refractivity contribution is 5.86. The summed E-state index contributed by atoms with van der Waals surface area (Å²) in [6.45, 7) is 8.80. The Labute approximate surface area is 159 Å². The molecule has 1 aliphatic heterocycles. The molecule has 0 saturated carbocycles. The third-order valence-electron chi connectivity index (χ3n) is 4.68. The summed E-state index contributed by atoms with van der Waals surface area (Å²) in [5.41, 5.74) is 3.11. The zero-order valence-electron chi connectivity index (χ0n) is 15.7. The molecule has 27 heavy (non-hydrogen) atoms. The summed E-state index contributed by atoms with van der Waals surface area (Å²) in [4.78, 5) is 13.5. The van der Waals surface area contributed by atoms with Crippen molar-refractivity contribution in [3.8, 4) is 5.88 Å². The molecule has 1 aliphatic rings. The molecule has 0 unspecified atom stereocenters. The van der Waals surface area contributed by atoms with Crippen LogP contribution in [0.3, 0.4) is 0 Å². The topological polar surface area (TPSA) is 67.3 Å². The average Bonchev–Trinajstić information content (AvgIpc) is 2.69. The second-order valence-corrected chi connectivity index (χ2v) is 7.03. The standard InChI is InChI=1S/C20H24N6O/c1-15(2)27-20-18-12-17(5-6-19(18)21-14-22-20)26-10-8-25(9-11-26)13-16-4-3-7-23-24-16/h3-7,12,14-15H,8-11,13H2,1-2H3. The van der Waals surface area contributed by atoms with Gasteiger partial charge in [0.25, 0.3) is 0 Å². The number of rotatable bonds is 5. The lowest BCUT2D eigenvalue weighted by Gasteiger charge is -2.36. The van der Waals surface area contributed by atoms with E-state index in [-0.39, 0.29) is 6.10 Å². The van der Waals surface area contributed by atoms with Crippen molar-refractivity contribution in [2.45, 2.75) is 26.5 Å². The second kappa shape index (κ2) is 7.84. The molecule has 1 fully saturated rings. The van der Waals surface area contributed by atoms with E-state index in [2.05, 4.69) is 42.1 Å². The van der Waals surface area contributed by atoms with Gasteiger partial charge < -0.3 is 9.64 Å². The van der Waals surface area contributed by atoms with E-state index in [0.29, 0.717) is 5.88 Å². The Balaban J connectivity index is 1.47. The highest BCUT2D eigenvalue weighted by atomic mass is 16.5. The Kier molecular flexibility index (Phi) is 5.11. The van der Waals surface area contributed by atoms with Crippen molar-refractivity contribution < 1.29 is 4.74 Å². The van der Waals surface area contributed by atoms with Crippen molar-refractivity contribution in [2.75, 3.05) is 31.1 Å². The first-order chi connectivity index (χ1) is 13.2. The van der Waals surface area contributed by atoms with Gasteiger partial charge in [-0.3, -0.25) is 4.90 Å². The first-order valence-electron chi connectivity index (χ1n) is 9.34. The van der Waals surface area contributed by atoms with Crippen LogP contribution in [0.15, 0.2) is 42.9 Å². The van der Waals surface area contributed by atoms with Gasteiger partial charge in [-0.15, -0.1) is 0 Å². The fourth-order valence-corrected chi connectivity index (χ4v) is 3.35. The van der Waals surface area contributed by atoms with Crippen molar-refractivity contribution in [3.05, 3.63) is 48.5 Å². The van der Waals surface area contributed by atoms with Gasteiger partial charge in [0.2, 0.25) is 5.88 Å². The molecule has 0 spiro atoms. The van der Waals surface area contributed by atoms with Gasteiger partial charge in [0, 0.05) is 44.6 Å². The molecule has 7 nitrogen and oxygen atoms in total. The summed E-state index contributed by atoms with van der Waals surface area (Å²) in [5, 5.41) is 9.11. The molecule has 0 atom stereocenters. The Morgan fingerprint density at radius 2 is 1.93 bits per heavy atom. The van der Waals surface area contributed by atoms with Crippen LogP contribution in [0.25, 0.3) is 10.9 Å². The van der Waals surface area contributed by atoms with E-state index < -0.39 is 0 Å². The number of hydrogen-bond donors (Lipinski definition) is 0. The quantitative estimate of drug-likeness (QED) is 0.689. The van der Waals surface area contributed by atoms with Gasteiger partial charge in [0.05, 0.1) is 22.7 Å². The van der Waals surface area contributed by atoms with E-state index >= 15 is 0 Å². The maximum Gasteiger partial charge on any atom is 0.224 e. The fourth-order valence-electron chi connectivity index (χ4n) is 3.35. The molecule has 0 bridgehead atoms. The molecule has 0 aliphatic carbocycles. The Bertz CT molecular complexity index is 893. The predicted octanol–water partition coefficient (Wildman–Crippen LogP) is 2.53. The number of ether oxygens (including phenoxy) is 1. The molecule has 1 aromatic carbocycles. The van der Waals surface area contributed by atoms with Crippen molar-refractivity contribution in [1.29, 1.82) is 0 Å². The van der Waals surface area contributed by atoms with E-state index in [1.54, 1.807) is 12.5 Å². The lowest BCUT2D eigenvalue weighted by atomic mass is 10.2. The molecule has 140 valence electrons. The highest BCUT2D eigenvalue weighted by Crippen LogP contribution is 2.28. The predicted molar refractivity (Wildman–Crippen MR) is 105 cm³/mol. The first kappa shape index (κ1) is 17.6. The fraction of sp³-hybridized carbons (Fsp3) is 0.400. The SMILES string of the molecule is CC(C)Oc1ncnc2ccc(N3CCN(Cc4cccnn4)CC3)cc12. The second-order valence-electron chi connectivity index (χ2n) is 7.03. The van der Waals surface area contributed by atoms with Crippen LogP contribution in [0.5, 0.6) is 5.88 Å². The van der Waals surface area contributed by atoms with E-state index in [1.807, 2.05) is 32.0 Å². The van der Waals surface area contributed by atoms with Gasteiger partial charge in [-0.1, -0.05) is 0 Å². The summed E-state index contributed by atoms with van der Waals surface area (Å²) in [6, 6.07) is 10.3. The summed E-state index contributed by atoms with van der Waals surface area (Å²) < 4.78 is 5.86.